The van der Waals surface area contributed by atoms with Crippen molar-refractivity contribution in [2.45, 2.75) is 6.54 Å². The number of carbonyl (C=O) groups excluding carboxylic acids is 1. The molecule has 0 atom stereocenters. The van der Waals surface area contributed by atoms with Crippen LogP contribution in [0, 0.1) is 0 Å². The zero-order chi connectivity index (χ0) is 11.4. The third kappa shape index (κ3) is 2.48. The number of carbonyl (C=O) groups is 1. The molecule has 1 amide bonds. The summed E-state index contributed by atoms with van der Waals surface area (Å²) in [6.07, 6.45) is 7.07. The largest absolute Gasteiger partial charge is 0.356 e. The van der Waals surface area contributed by atoms with Crippen LogP contribution in [0.4, 0.5) is 0 Å². The molecule has 0 aliphatic carbocycles. The lowest BCUT2D eigenvalue weighted by molar-refractivity contribution is 0.0951. The van der Waals surface area contributed by atoms with Crippen LogP contribution in [0.3, 0.4) is 0 Å². The molecule has 16 heavy (non-hydrogen) atoms. The molecular formula is C12H13N3O. The average Bonchev–Trinajstić information content (AvgIpc) is 2.74. The summed E-state index contributed by atoms with van der Waals surface area (Å²) in [5.74, 6) is -0.0580. The molecule has 0 radical (unpaired) electrons. The highest BCUT2D eigenvalue weighted by Crippen LogP contribution is 2.01. The van der Waals surface area contributed by atoms with Gasteiger partial charge in [-0.25, -0.2) is 0 Å². The van der Waals surface area contributed by atoms with Gasteiger partial charge >= 0.3 is 0 Å². The molecule has 2 heterocycles. The molecule has 1 N–H and O–H groups in total. The van der Waals surface area contributed by atoms with Crippen molar-refractivity contribution in [2.24, 2.45) is 7.05 Å². The van der Waals surface area contributed by atoms with Crippen molar-refractivity contribution in [3.05, 3.63) is 54.1 Å². The Kier molecular flexibility index (Phi) is 3.00. The quantitative estimate of drug-likeness (QED) is 0.840. The maximum Gasteiger partial charge on any atom is 0.253 e. The van der Waals surface area contributed by atoms with E-state index in [9.17, 15) is 4.79 Å². The molecule has 0 aromatic carbocycles. The summed E-state index contributed by atoms with van der Waals surface area (Å²) < 4.78 is 1.85. The van der Waals surface area contributed by atoms with Crippen LogP contribution in [-0.4, -0.2) is 15.5 Å². The van der Waals surface area contributed by atoms with Crippen LogP contribution >= 0.6 is 0 Å². The van der Waals surface area contributed by atoms with Crippen molar-refractivity contribution in [3.8, 4) is 0 Å². The van der Waals surface area contributed by atoms with E-state index in [1.165, 1.54) is 0 Å². The summed E-state index contributed by atoms with van der Waals surface area (Å²) in [4.78, 5) is 15.6. The third-order valence-corrected chi connectivity index (χ3v) is 2.30. The summed E-state index contributed by atoms with van der Waals surface area (Å²) in [5, 5.41) is 2.85. The Balaban J connectivity index is 1.94. The van der Waals surface area contributed by atoms with Gasteiger partial charge in [0.2, 0.25) is 0 Å². The fourth-order valence-corrected chi connectivity index (χ4v) is 1.42. The number of hydrogen-bond acceptors (Lipinski definition) is 2. The fraction of sp³-hybridized carbons (Fsp3) is 0.167. The van der Waals surface area contributed by atoms with Crippen molar-refractivity contribution < 1.29 is 4.79 Å². The first-order chi connectivity index (χ1) is 7.75. The molecule has 2 rings (SSSR count). The highest BCUT2D eigenvalue weighted by atomic mass is 16.1. The molecular weight excluding hydrogens is 202 g/mol. The number of nitrogens with one attached hydrogen (secondary N) is 1. The lowest BCUT2D eigenvalue weighted by Crippen LogP contribution is -2.22. The molecule has 2 aromatic heterocycles. The van der Waals surface area contributed by atoms with Crippen LogP contribution < -0.4 is 5.32 Å². The van der Waals surface area contributed by atoms with Gasteiger partial charge in [-0.3, -0.25) is 9.78 Å². The average molecular weight is 215 g/mol. The standard InChI is InChI=1S/C12H13N3O/c1-15-7-4-11(9-15)12(16)14-8-10-2-5-13-6-3-10/h2-7,9H,8H2,1H3,(H,14,16). The Morgan fingerprint density at radius 3 is 2.75 bits per heavy atom. The molecule has 2 aromatic rings. The minimum absolute atomic E-state index is 0.0580. The number of amides is 1. The second-order valence-corrected chi connectivity index (χ2v) is 3.60. The molecule has 0 spiro atoms. The van der Waals surface area contributed by atoms with E-state index >= 15 is 0 Å². The number of pyridine rings is 1. The van der Waals surface area contributed by atoms with Gasteiger partial charge in [-0.2, -0.15) is 0 Å². The maximum atomic E-state index is 11.7. The highest BCUT2D eigenvalue weighted by molar-refractivity contribution is 5.93. The first kappa shape index (κ1) is 10.4. The second-order valence-electron chi connectivity index (χ2n) is 3.60. The molecule has 0 saturated heterocycles. The van der Waals surface area contributed by atoms with Gasteiger partial charge in [-0.15, -0.1) is 0 Å². The van der Waals surface area contributed by atoms with Gasteiger partial charge in [0, 0.05) is 38.4 Å². The minimum Gasteiger partial charge on any atom is -0.356 e. The Hall–Kier alpha value is -2.10. The number of nitrogens with zero attached hydrogens (tertiary/aromatic N) is 2. The highest BCUT2D eigenvalue weighted by Gasteiger charge is 2.05. The van der Waals surface area contributed by atoms with Crippen LogP contribution in [0.1, 0.15) is 15.9 Å². The van der Waals surface area contributed by atoms with E-state index in [1.54, 1.807) is 24.7 Å². The summed E-state index contributed by atoms with van der Waals surface area (Å²) in [7, 11) is 1.89. The molecule has 0 aliphatic rings. The Bertz CT molecular complexity index is 476. The molecule has 0 aliphatic heterocycles. The van der Waals surface area contributed by atoms with Gasteiger partial charge in [0.05, 0.1) is 5.56 Å². The summed E-state index contributed by atoms with van der Waals surface area (Å²) in [6, 6.07) is 5.55. The van der Waals surface area contributed by atoms with Crippen molar-refractivity contribution in [1.29, 1.82) is 0 Å². The van der Waals surface area contributed by atoms with E-state index in [4.69, 9.17) is 0 Å². The SMILES string of the molecule is Cn1ccc(C(=O)NCc2ccncc2)c1. The van der Waals surface area contributed by atoms with Crippen molar-refractivity contribution in [2.75, 3.05) is 0 Å². The van der Waals surface area contributed by atoms with Crippen LogP contribution in [0.2, 0.25) is 0 Å². The lowest BCUT2D eigenvalue weighted by atomic mass is 10.2. The van der Waals surface area contributed by atoms with Crippen LogP contribution in [-0.2, 0) is 13.6 Å². The zero-order valence-electron chi connectivity index (χ0n) is 9.05. The first-order valence-electron chi connectivity index (χ1n) is 5.05. The fourth-order valence-electron chi connectivity index (χ4n) is 1.42. The summed E-state index contributed by atoms with van der Waals surface area (Å²) >= 11 is 0. The Labute approximate surface area is 93.9 Å². The Morgan fingerprint density at radius 1 is 1.38 bits per heavy atom. The van der Waals surface area contributed by atoms with Crippen molar-refractivity contribution >= 4 is 5.91 Å². The van der Waals surface area contributed by atoms with E-state index < -0.39 is 0 Å². The minimum atomic E-state index is -0.0580. The molecule has 0 fully saturated rings. The van der Waals surface area contributed by atoms with Gasteiger partial charge in [0.25, 0.3) is 5.91 Å². The number of aromatic nitrogens is 2. The van der Waals surface area contributed by atoms with Crippen LogP contribution in [0.15, 0.2) is 43.0 Å². The second kappa shape index (κ2) is 4.61. The van der Waals surface area contributed by atoms with Gasteiger partial charge < -0.3 is 9.88 Å². The molecule has 4 heteroatoms. The lowest BCUT2D eigenvalue weighted by Gasteiger charge is -2.03. The molecule has 0 bridgehead atoms. The van der Waals surface area contributed by atoms with E-state index in [-0.39, 0.29) is 5.91 Å². The first-order valence-corrected chi connectivity index (χ1v) is 5.05. The number of rotatable bonds is 3. The van der Waals surface area contributed by atoms with Gasteiger partial charge in [0.15, 0.2) is 0 Å². The van der Waals surface area contributed by atoms with E-state index in [2.05, 4.69) is 10.3 Å². The topological polar surface area (TPSA) is 46.9 Å². The van der Waals surface area contributed by atoms with Gasteiger partial charge in [-0.05, 0) is 23.8 Å². The third-order valence-electron chi connectivity index (χ3n) is 2.30. The molecule has 0 saturated carbocycles. The van der Waals surface area contributed by atoms with Gasteiger partial charge in [0.1, 0.15) is 0 Å². The van der Waals surface area contributed by atoms with Crippen LogP contribution in [0.5, 0.6) is 0 Å². The van der Waals surface area contributed by atoms with E-state index in [0.29, 0.717) is 12.1 Å². The van der Waals surface area contributed by atoms with E-state index in [1.807, 2.05) is 29.9 Å². The normalized spacial score (nSPS) is 10.1. The van der Waals surface area contributed by atoms with Crippen molar-refractivity contribution in [1.82, 2.24) is 14.9 Å². The van der Waals surface area contributed by atoms with Gasteiger partial charge in [-0.1, -0.05) is 0 Å². The molecule has 4 nitrogen and oxygen atoms in total. The monoisotopic (exact) mass is 215 g/mol. The van der Waals surface area contributed by atoms with E-state index in [0.717, 1.165) is 5.56 Å². The van der Waals surface area contributed by atoms with Crippen molar-refractivity contribution in [3.63, 3.8) is 0 Å². The zero-order valence-corrected chi connectivity index (χ0v) is 9.05. The predicted octanol–water partition coefficient (Wildman–Crippen LogP) is 1.35. The number of hydrogen-bond donors (Lipinski definition) is 1. The summed E-state index contributed by atoms with van der Waals surface area (Å²) in [5.41, 5.74) is 1.72. The smallest absolute Gasteiger partial charge is 0.253 e. The number of aryl methyl sites for hydroxylation is 1. The summed E-state index contributed by atoms with van der Waals surface area (Å²) in [6.45, 7) is 0.524. The van der Waals surface area contributed by atoms with Crippen LogP contribution in [0.25, 0.3) is 0 Å². The maximum absolute atomic E-state index is 11.7. The Morgan fingerprint density at radius 2 is 2.12 bits per heavy atom. The molecule has 82 valence electrons. The predicted molar refractivity (Wildman–Crippen MR) is 60.8 cm³/mol. The molecule has 0 unspecified atom stereocenters.